The van der Waals surface area contributed by atoms with Crippen LogP contribution in [0.2, 0.25) is 0 Å². The van der Waals surface area contributed by atoms with Crippen molar-refractivity contribution in [3.63, 3.8) is 0 Å². The Hall–Kier alpha value is -2.86. The molecule has 29 heavy (non-hydrogen) atoms. The van der Waals surface area contributed by atoms with E-state index in [1.165, 1.54) is 4.88 Å². The van der Waals surface area contributed by atoms with Crippen LogP contribution < -0.4 is 5.32 Å². The molecule has 0 aliphatic rings. The van der Waals surface area contributed by atoms with E-state index in [1.54, 1.807) is 11.3 Å². The molecule has 4 aromatic rings. The Morgan fingerprint density at radius 3 is 2.72 bits per heavy atom. The highest BCUT2D eigenvalue weighted by Crippen LogP contribution is 2.19. The van der Waals surface area contributed by atoms with Gasteiger partial charge in [0.05, 0.1) is 23.1 Å². The van der Waals surface area contributed by atoms with E-state index in [4.69, 9.17) is 0 Å². The average molecular weight is 407 g/mol. The Balaban J connectivity index is 1.37. The number of amides is 1. The number of hydrogen-bond donors (Lipinski definition) is 1. The lowest BCUT2D eigenvalue weighted by Crippen LogP contribution is -2.25. The van der Waals surface area contributed by atoms with Gasteiger partial charge in [-0.05, 0) is 56.8 Å². The van der Waals surface area contributed by atoms with Crippen molar-refractivity contribution in [1.82, 2.24) is 19.4 Å². The average Bonchev–Trinajstić information content (AvgIpc) is 3.40. The van der Waals surface area contributed by atoms with Gasteiger partial charge in [0.1, 0.15) is 5.82 Å². The second-order valence-corrected chi connectivity index (χ2v) is 8.39. The number of nitrogens with zero attached hydrogens (tertiary/aromatic N) is 3. The number of hydrogen-bond acceptors (Lipinski definition) is 3. The normalized spacial score (nSPS) is 11.3. The fourth-order valence-electron chi connectivity index (χ4n) is 3.85. The van der Waals surface area contributed by atoms with E-state index in [1.807, 2.05) is 38.1 Å². The van der Waals surface area contributed by atoms with E-state index in [2.05, 4.69) is 49.9 Å². The van der Waals surface area contributed by atoms with Crippen LogP contribution in [0.5, 0.6) is 0 Å². The molecule has 0 unspecified atom stereocenters. The third kappa shape index (κ3) is 3.98. The van der Waals surface area contributed by atoms with Gasteiger partial charge in [0.15, 0.2) is 0 Å². The summed E-state index contributed by atoms with van der Waals surface area (Å²) in [4.78, 5) is 18.6. The molecule has 3 aromatic heterocycles. The third-order valence-corrected chi connectivity index (χ3v) is 6.26. The van der Waals surface area contributed by atoms with Gasteiger partial charge in [-0.25, -0.2) is 4.98 Å². The lowest BCUT2D eigenvalue weighted by Gasteiger charge is -2.10. The van der Waals surface area contributed by atoms with Gasteiger partial charge < -0.3 is 14.5 Å². The molecule has 1 amide bonds. The fraction of sp³-hybridized carbons (Fsp3) is 0.304. The number of carbonyl (C=O) groups is 1. The van der Waals surface area contributed by atoms with Crippen molar-refractivity contribution in [2.45, 2.75) is 40.3 Å². The number of aromatic nitrogens is 3. The molecule has 1 N–H and O–H groups in total. The summed E-state index contributed by atoms with van der Waals surface area (Å²) in [7, 11) is 0. The highest BCUT2D eigenvalue weighted by Gasteiger charge is 2.16. The Labute approximate surface area is 175 Å². The first-order valence-electron chi connectivity index (χ1n) is 9.94. The van der Waals surface area contributed by atoms with Crippen LogP contribution >= 0.6 is 11.3 Å². The number of rotatable bonds is 7. The summed E-state index contributed by atoms with van der Waals surface area (Å²) in [5.74, 6) is 1.01. The largest absolute Gasteiger partial charge is 0.352 e. The van der Waals surface area contributed by atoms with Crippen LogP contribution in [0.3, 0.4) is 0 Å². The number of thiophene rings is 1. The molecule has 150 valence electrons. The topological polar surface area (TPSA) is 51.9 Å². The van der Waals surface area contributed by atoms with Crippen LogP contribution in [-0.2, 0) is 13.1 Å². The zero-order chi connectivity index (χ0) is 20.4. The summed E-state index contributed by atoms with van der Waals surface area (Å²) in [5.41, 5.74) is 5.07. The zero-order valence-electron chi connectivity index (χ0n) is 17.1. The molecule has 5 nitrogen and oxygen atoms in total. The van der Waals surface area contributed by atoms with Crippen molar-refractivity contribution in [2.75, 3.05) is 6.54 Å². The Morgan fingerprint density at radius 2 is 1.93 bits per heavy atom. The van der Waals surface area contributed by atoms with Gasteiger partial charge >= 0.3 is 0 Å². The monoisotopic (exact) mass is 406 g/mol. The first-order chi connectivity index (χ1) is 14.0. The number of imidazole rings is 1. The van der Waals surface area contributed by atoms with Gasteiger partial charge in [0, 0.05) is 29.4 Å². The molecule has 0 aliphatic heterocycles. The zero-order valence-corrected chi connectivity index (χ0v) is 17.9. The molecule has 1 aromatic carbocycles. The van der Waals surface area contributed by atoms with E-state index < -0.39 is 0 Å². The molecule has 0 spiro atoms. The van der Waals surface area contributed by atoms with Crippen LogP contribution in [0.1, 0.15) is 38.9 Å². The van der Waals surface area contributed by atoms with E-state index in [-0.39, 0.29) is 5.91 Å². The molecule has 0 radical (unpaired) electrons. The molecular formula is C23H26N4OS. The molecule has 0 aliphatic carbocycles. The Bertz CT molecular complexity index is 1140. The van der Waals surface area contributed by atoms with E-state index >= 15 is 0 Å². The molecule has 6 heteroatoms. The summed E-state index contributed by atoms with van der Waals surface area (Å²) < 4.78 is 4.43. The van der Waals surface area contributed by atoms with E-state index in [0.717, 1.165) is 53.3 Å². The SMILES string of the molecule is Cc1cc(C(=O)NCCCn2c(C)nc3ccccc32)c(C)n1Cc1cccs1. The lowest BCUT2D eigenvalue weighted by molar-refractivity contribution is 0.0952. The van der Waals surface area contributed by atoms with E-state index in [9.17, 15) is 4.79 Å². The number of carbonyl (C=O) groups excluding carboxylic acids is 1. The standard InChI is InChI=1S/C23H26N4OS/c1-16-14-20(17(2)27(16)15-19-8-6-13-29-19)23(28)24-11-7-12-26-18(3)25-21-9-4-5-10-22(21)26/h4-6,8-10,13-14H,7,11-12,15H2,1-3H3,(H,24,28). The number of aryl methyl sites for hydroxylation is 3. The molecular weight excluding hydrogens is 380 g/mol. The summed E-state index contributed by atoms with van der Waals surface area (Å²) in [5, 5.41) is 5.17. The quantitative estimate of drug-likeness (QED) is 0.453. The summed E-state index contributed by atoms with van der Waals surface area (Å²) in [6, 6.07) is 14.4. The van der Waals surface area contributed by atoms with Gasteiger partial charge in [0.2, 0.25) is 0 Å². The first-order valence-corrected chi connectivity index (χ1v) is 10.8. The smallest absolute Gasteiger partial charge is 0.253 e. The van der Waals surface area contributed by atoms with Crippen molar-refractivity contribution in [1.29, 1.82) is 0 Å². The Kier molecular flexibility index (Phi) is 5.53. The maximum atomic E-state index is 12.7. The third-order valence-electron chi connectivity index (χ3n) is 5.40. The van der Waals surface area contributed by atoms with Crippen LogP contribution in [0.25, 0.3) is 11.0 Å². The highest BCUT2D eigenvalue weighted by atomic mass is 32.1. The Morgan fingerprint density at radius 1 is 1.10 bits per heavy atom. The van der Waals surface area contributed by atoms with Crippen molar-refractivity contribution < 1.29 is 4.79 Å². The molecule has 0 fully saturated rings. The van der Waals surface area contributed by atoms with E-state index in [0.29, 0.717) is 6.54 Å². The number of nitrogens with one attached hydrogen (secondary N) is 1. The molecule has 0 saturated heterocycles. The molecule has 4 rings (SSSR count). The van der Waals surface area contributed by atoms with Crippen molar-refractivity contribution in [2.24, 2.45) is 0 Å². The number of fused-ring (bicyclic) bond motifs is 1. The highest BCUT2D eigenvalue weighted by molar-refractivity contribution is 7.09. The van der Waals surface area contributed by atoms with Gasteiger partial charge in [0.25, 0.3) is 5.91 Å². The van der Waals surface area contributed by atoms with Gasteiger partial charge in [-0.3, -0.25) is 4.79 Å². The molecule has 0 bridgehead atoms. The van der Waals surface area contributed by atoms with Crippen molar-refractivity contribution >= 4 is 28.3 Å². The molecule has 3 heterocycles. The molecule has 0 atom stereocenters. The maximum Gasteiger partial charge on any atom is 0.253 e. The molecule has 0 saturated carbocycles. The summed E-state index contributed by atoms with van der Waals surface area (Å²) in [6.07, 6.45) is 0.862. The van der Waals surface area contributed by atoms with Crippen LogP contribution in [0.15, 0.2) is 47.8 Å². The fourth-order valence-corrected chi connectivity index (χ4v) is 4.54. The minimum absolute atomic E-state index is 0.00254. The number of para-hydroxylation sites is 2. The summed E-state index contributed by atoms with van der Waals surface area (Å²) >= 11 is 1.74. The minimum Gasteiger partial charge on any atom is -0.352 e. The van der Waals surface area contributed by atoms with Crippen molar-refractivity contribution in [3.05, 3.63) is 75.5 Å². The predicted molar refractivity (Wildman–Crippen MR) is 119 cm³/mol. The second-order valence-electron chi connectivity index (χ2n) is 7.36. The van der Waals surface area contributed by atoms with Crippen LogP contribution in [-0.4, -0.2) is 26.6 Å². The summed E-state index contributed by atoms with van der Waals surface area (Å²) in [6.45, 7) is 8.40. The van der Waals surface area contributed by atoms with Crippen LogP contribution in [0.4, 0.5) is 0 Å². The van der Waals surface area contributed by atoms with Gasteiger partial charge in [-0.15, -0.1) is 11.3 Å². The van der Waals surface area contributed by atoms with Gasteiger partial charge in [-0.1, -0.05) is 18.2 Å². The second kappa shape index (κ2) is 8.25. The maximum absolute atomic E-state index is 12.7. The van der Waals surface area contributed by atoms with Gasteiger partial charge in [-0.2, -0.15) is 0 Å². The first kappa shape index (κ1) is 19.5. The van der Waals surface area contributed by atoms with Crippen molar-refractivity contribution in [3.8, 4) is 0 Å². The number of benzene rings is 1. The van der Waals surface area contributed by atoms with Crippen LogP contribution in [0, 0.1) is 20.8 Å². The predicted octanol–water partition coefficient (Wildman–Crippen LogP) is 4.69. The lowest BCUT2D eigenvalue weighted by atomic mass is 10.2. The minimum atomic E-state index is 0.00254.